The zero-order valence-corrected chi connectivity index (χ0v) is 11.2. The van der Waals surface area contributed by atoms with Crippen LogP contribution in [0.2, 0.25) is 0 Å². The van der Waals surface area contributed by atoms with Crippen LogP contribution in [0.25, 0.3) is 10.8 Å². The first-order chi connectivity index (χ1) is 8.22. The van der Waals surface area contributed by atoms with Gasteiger partial charge in [-0.1, -0.05) is 56.7 Å². The summed E-state index contributed by atoms with van der Waals surface area (Å²) in [5, 5.41) is 2.81. The predicted octanol–water partition coefficient (Wildman–Crippen LogP) is 5.13. The number of hydrogen-bond acceptors (Lipinski definition) is 0. The van der Waals surface area contributed by atoms with Gasteiger partial charge in [-0.25, -0.2) is 0 Å². The summed E-state index contributed by atoms with van der Waals surface area (Å²) < 4.78 is 0. The van der Waals surface area contributed by atoms with Gasteiger partial charge >= 0.3 is 0 Å². The van der Waals surface area contributed by atoms with Gasteiger partial charge in [0, 0.05) is 0 Å². The highest BCUT2D eigenvalue weighted by atomic mass is 14.1. The largest absolute Gasteiger partial charge is 0.0651 e. The third-order valence-corrected chi connectivity index (χ3v) is 3.86. The van der Waals surface area contributed by atoms with E-state index >= 15 is 0 Å². The second-order valence-corrected chi connectivity index (χ2v) is 5.13. The van der Waals surface area contributed by atoms with Crippen LogP contribution in [-0.4, -0.2) is 0 Å². The van der Waals surface area contributed by atoms with Gasteiger partial charge in [-0.3, -0.25) is 0 Å². The van der Waals surface area contributed by atoms with Crippen molar-refractivity contribution >= 4 is 10.8 Å². The number of aryl methyl sites for hydroxylation is 2. The summed E-state index contributed by atoms with van der Waals surface area (Å²) in [7, 11) is 0. The number of rotatable bonds is 4. The van der Waals surface area contributed by atoms with E-state index in [1.54, 1.807) is 5.56 Å². The zero-order chi connectivity index (χ0) is 12.3. The summed E-state index contributed by atoms with van der Waals surface area (Å²) in [5.41, 5.74) is 2.98. The Morgan fingerprint density at radius 3 is 2.59 bits per heavy atom. The quantitative estimate of drug-likeness (QED) is 0.678. The number of hydrogen-bond donors (Lipinski definition) is 0. The molecule has 2 aromatic carbocycles. The minimum atomic E-state index is 0.827. The maximum atomic E-state index is 2.35. The fourth-order valence-electron chi connectivity index (χ4n) is 2.37. The van der Waals surface area contributed by atoms with Gasteiger partial charge in [-0.15, -0.1) is 0 Å². The molecule has 0 aromatic heterocycles. The minimum Gasteiger partial charge on any atom is -0.0651 e. The molecule has 2 aromatic rings. The van der Waals surface area contributed by atoms with Gasteiger partial charge in [-0.2, -0.15) is 0 Å². The lowest BCUT2D eigenvalue weighted by molar-refractivity contribution is 0.517. The molecule has 0 bridgehead atoms. The normalized spacial score (nSPS) is 12.9. The highest BCUT2D eigenvalue weighted by Crippen LogP contribution is 2.24. The molecule has 0 N–H and O–H groups in total. The van der Waals surface area contributed by atoms with Crippen LogP contribution >= 0.6 is 0 Å². The Hall–Kier alpha value is -1.30. The zero-order valence-electron chi connectivity index (χ0n) is 11.2. The van der Waals surface area contributed by atoms with Crippen LogP contribution in [0, 0.1) is 12.8 Å². The Labute approximate surface area is 105 Å². The van der Waals surface area contributed by atoms with Crippen molar-refractivity contribution in [3.05, 3.63) is 47.5 Å². The molecule has 0 heterocycles. The lowest BCUT2D eigenvalue weighted by Gasteiger charge is -2.13. The molecule has 1 unspecified atom stereocenters. The first-order valence-electron chi connectivity index (χ1n) is 6.69. The molecular weight excluding hydrogens is 204 g/mol. The summed E-state index contributed by atoms with van der Waals surface area (Å²) in [6.45, 7) is 6.86. The monoisotopic (exact) mass is 226 g/mol. The molecule has 90 valence electrons. The highest BCUT2D eigenvalue weighted by molar-refractivity contribution is 5.86. The van der Waals surface area contributed by atoms with E-state index in [9.17, 15) is 0 Å². The summed E-state index contributed by atoms with van der Waals surface area (Å²) >= 11 is 0. The first kappa shape index (κ1) is 12.2. The van der Waals surface area contributed by atoms with Crippen molar-refractivity contribution in [2.24, 2.45) is 5.92 Å². The van der Waals surface area contributed by atoms with Crippen molar-refractivity contribution in [3.8, 4) is 0 Å². The first-order valence-corrected chi connectivity index (χ1v) is 6.69. The molecule has 0 fully saturated rings. The number of benzene rings is 2. The van der Waals surface area contributed by atoms with Crippen LogP contribution in [0.3, 0.4) is 0 Å². The Morgan fingerprint density at radius 1 is 1.06 bits per heavy atom. The Balaban J connectivity index is 2.34. The van der Waals surface area contributed by atoms with E-state index in [1.807, 2.05) is 0 Å². The van der Waals surface area contributed by atoms with Gasteiger partial charge in [0.2, 0.25) is 0 Å². The summed E-state index contributed by atoms with van der Waals surface area (Å²) in [4.78, 5) is 0. The molecule has 0 aliphatic rings. The molecular formula is C17H22. The van der Waals surface area contributed by atoms with E-state index in [1.165, 1.54) is 35.6 Å². The van der Waals surface area contributed by atoms with Crippen molar-refractivity contribution in [3.63, 3.8) is 0 Å². The van der Waals surface area contributed by atoms with Gasteiger partial charge in [0.05, 0.1) is 0 Å². The SMILES string of the molecule is CCC(C)CCc1c(C)ccc2ccccc12. The van der Waals surface area contributed by atoms with E-state index in [0.717, 1.165) is 5.92 Å². The molecule has 17 heavy (non-hydrogen) atoms. The van der Waals surface area contributed by atoms with Crippen LogP contribution in [0.5, 0.6) is 0 Å². The van der Waals surface area contributed by atoms with Crippen molar-refractivity contribution < 1.29 is 0 Å². The van der Waals surface area contributed by atoms with Gasteiger partial charge < -0.3 is 0 Å². The van der Waals surface area contributed by atoms with Gasteiger partial charge in [0.25, 0.3) is 0 Å². The number of fused-ring (bicyclic) bond motifs is 1. The van der Waals surface area contributed by atoms with E-state index in [-0.39, 0.29) is 0 Å². The molecule has 0 aliphatic carbocycles. The fourth-order valence-corrected chi connectivity index (χ4v) is 2.37. The van der Waals surface area contributed by atoms with Gasteiger partial charge in [0.1, 0.15) is 0 Å². The van der Waals surface area contributed by atoms with E-state index < -0.39 is 0 Å². The van der Waals surface area contributed by atoms with Crippen molar-refractivity contribution in [1.29, 1.82) is 0 Å². The van der Waals surface area contributed by atoms with Crippen molar-refractivity contribution in [2.45, 2.75) is 40.0 Å². The Bertz CT molecular complexity index is 496. The smallest absolute Gasteiger partial charge is 0.0149 e. The minimum absolute atomic E-state index is 0.827. The van der Waals surface area contributed by atoms with Gasteiger partial charge in [0.15, 0.2) is 0 Å². The second kappa shape index (κ2) is 5.35. The van der Waals surface area contributed by atoms with Gasteiger partial charge in [-0.05, 0) is 47.6 Å². The van der Waals surface area contributed by atoms with Crippen LogP contribution in [0.1, 0.15) is 37.8 Å². The van der Waals surface area contributed by atoms with Crippen LogP contribution in [-0.2, 0) is 6.42 Å². The Morgan fingerprint density at radius 2 is 1.82 bits per heavy atom. The average Bonchev–Trinajstić information content (AvgIpc) is 2.37. The molecule has 2 rings (SSSR count). The standard InChI is InChI=1S/C17H22/c1-4-13(2)9-12-16-14(3)10-11-15-7-5-6-8-17(15)16/h5-8,10-11,13H,4,9,12H2,1-3H3. The molecule has 0 saturated heterocycles. The van der Waals surface area contributed by atoms with Crippen LogP contribution < -0.4 is 0 Å². The average molecular weight is 226 g/mol. The molecule has 1 atom stereocenters. The van der Waals surface area contributed by atoms with E-state index in [4.69, 9.17) is 0 Å². The predicted molar refractivity (Wildman–Crippen MR) is 76.5 cm³/mol. The molecule has 0 saturated carbocycles. The lowest BCUT2D eigenvalue weighted by Crippen LogP contribution is -1.98. The summed E-state index contributed by atoms with van der Waals surface area (Å²) in [6.07, 6.45) is 3.79. The summed E-state index contributed by atoms with van der Waals surface area (Å²) in [6, 6.07) is 13.2. The van der Waals surface area contributed by atoms with Crippen molar-refractivity contribution in [2.75, 3.05) is 0 Å². The van der Waals surface area contributed by atoms with Crippen LogP contribution in [0.15, 0.2) is 36.4 Å². The topological polar surface area (TPSA) is 0 Å². The molecule has 0 radical (unpaired) electrons. The third kappa shape index (κ3) is 2.69. The maximum absolute atomic E-state index is 2.35. The highest BCUT2D eigenvalue weighted by Gasteiger charge is 2.06. The molecule has 0 heteroatoms. The van der Waals surface area contributed by atoms with E-state index in [2.05, 4.69) is 57.2 Å². The van der Waals surface area contributed by atoms with Crippen LogP contribution in [0.4, 0.5) is 0 Å². The fraction of sp³-hybridized carbons (Fsp3) is 0.412. The molecule has 0 nitrogen and oxygen atoms in total. The third-order valence-electron chi connectivity index (χ3n) is 3.86. The summed E-state index contributed by atoms with van der Waals surface area (Å²) in [5.74, 6) is 0.827. The second-order valence-electron chi connectivity index (χ2n) is 5.13. The van der Waals surface area contributed by atoms with E-state index in [0.29, 0.717) is 0 Å². The maximum Gasteiger partial charge on any atom is -0.0149 e. The Kier molecular flexibility index (Phi) is 3.83. The molecule has 0 amide bonds. The molecule has 0 spiro atoms. The molecule has 0 aliphatic heterocycles. The lowest BCUT2D eigenvalue weighted by atomic mass is 9.92. The van der Waals surface area contributed by atoms with Crippen molar-refractivity contribution in [1.82, 2.24) is 0 Å².